The Morgan fingerprint density at radius 2 is 1.30 bits per heavy atom. The molecule has 7 heteroatoms. The van der Waals surface area contributed by atoms with Crippen molar-refractivity contribution in [2.75, 3.05) is 19.6 Å². The number of likely N-dealkylation sites (tertiary alicyclic amines) is 1. The van der Waals surface area contributed by atoms with E-state index < -0.39 is 0 Å². The summed E-state index contributed by atoms with van der Waals surface area (Å²) in [5, 5.41) is 5.75. The summed E-state index contributed by atoms with van der Waals surface area (Å²) in [6, 6.07) is 16.7. The van der Waals surface area contributed by atoms with Crippen LogP contribution in [0.25, 0.3) is 44.5 Å². The molecular weight excluding hydrogens is 468 g/mol. The van der Waals surface area contributed by atoms with Gasteiger partial charge in [0.15, 0.2) is 5.65 Å². The van der Waals surface area contributed by atoms with E-state index >= 15 is 0 Å². The predicted octanol–water partition coefficient (Wildman–Crippen LogP) is 6.59. The van der Waals surface area contributed by atoms with E-state index in [0.717, 1.165) is 59.4 Å². The number of piperidine rings is 1. The number of rotatable bonds is 6. The van der Waals surface area contributed by atoms with Gasteiger partial charge in [-0.15, -0.1) is 0 Å². The minimum absolute atomic E-state index is 0.296. The van der Waals surface area contributed by atoms with Crippen LogP contribution < -0.4 is 0 Å². The molecule has 186 valence electrons. The first-order valence-electron chi connectivity index (χ1n) is 12.7. The smallest absolute Gasteiger partial charge is 0.182 e. The third-order valence-electron chi connectivity index (χ3n) is 7.03. The summed E-state index contributed by atoms with van der Waals surface area (Å²) in [5.74, 6) is -0.605. The summed E-state index contributed by atoms with van der Waals surface area (Å²) in [7, 11) is 0. The zero-order valence-corrected chi connectivity index (χ0v) is 20.4. The highest BCUT2D eigenvalue weighted by Gasteiger charge is 2.22. The van der Waals surface area contributed by atoms with Crippen molar-refractivity contribution in [3.8, 4) is 33.5 Å². The molecule has 2 aromatic carbocycles. The van der Waals surface area contributed by atoms with Gasteiger partial charge in [-0.3, -0.25) is 9.67 Å². The zero-order chi connectivity index (χ0) is 25.2. The molecule has 1 saturated heterocycles. The van der Waals surface area contributed by atoms with E-state index in [4.69, 9.17) is 10.1 Å². The first-order chi connectivity index (χ1) is 18.2. The summed E-state index contributed by atoms with van der Waals surface area (Å²) in [4.78, 5) is 11.7. The van der Waals surface area contributed by atoms with Crippen molar-refractivity contribution in [2.45, 2.75) is 25.8 Å². The summed E-state index contributed by atoms with van der Waals surface area (Å²) >= 11 is 0. The summed E-state index contributed by atoms with van der Waals surface area (Å²) < 4.78 is 29.7. The molecule has 1 aliphatic rings. The Morgan fingerprint density at radius 1 is 0.676 bits per heavy atom. The minimum atomic E-state index is -0.309. The molecule has 5 aromatic rings. The molecule has 0 atom stereocenters. The number of hydrogen-bond acceptors (Lipinski definition) is 4. The van der Waals surface area contributed by atoms with E-state index in [9.17, 15) is 8.78 Å². The van der Waals surface area contributed by atoms with E-state index in [1.165, 1.54) is 43.5 Å². The molecule has 1 fully saturated rings. The number of aromatic nitrogens is 4. The highest BCUT2D eigenvalue weighted by Crippen LogP contribution is 2.42. The maximum atomic E-state index is 13.9. The predicted molar refractivity (Wildman–Crippen MR) is 142 cm³/mol. The van der Waals surface area contributed by atoms with E-state index in [0.29, 0.717) is 11.3 Å². The molecular formula is C30H27F2N5. The maximum absolute atomic E-state index is 13.9. The molecule has 3 aromatic heterocycles. The van der Waals surface area contributed by atoms with Crippen LogP contribution in [-0.2, 0) is 6.54 Å². The highest BCUT2D eigenvalue weighted by atomic mass is 19.1. The van der Waals surface area contributed by atoms with Crippen molar-refractivity contribution in [1.29, 1.82) is 0 Å². The van der Waals surface area contributed by atoms with Gasteiger partial charge in [-0.1, -0.05) is 18.6 Å². The number of pyridine rings is 2. The highest BCUT2D eigenvalue weighted by molar-refractivity contribution is 6.05. The molecule has 0 saturated carbocycles. The average molecular weight is 496 g/mol. The van der Waals surface area contributed by atoms with Crippen LogP contribution in [0.2, 0.25) is 0 Å². The lowest BCUT2D eigenvalue weighted by molar-refractivity contribution is 0.218. The van der Waals surface area contributed by atoms with Gasteiger partial charge in [0.25, 0.3) is 0 Å². The molecule has 4 heterocycles. The Kier molecular flexibility index (Phi) is 6.45. The maximum Gasteiger partial charge on any atom is 0.182 e. The normalized spacial score (nSPS) is 14.3. The largest absolute Gasteiger partial charge is 0.301 e. The standard InChI is InChI=1S/C30H27F2N5/c31-24-8-4-21(5-9-24)27-26-20-37(19-18-36-16-2-1-3-17-36)35-30(26)34-29(23-6-10-25(32)11-7-23)28(27)22-12-14-33-15-13-22/h4-15,20H,1-3,16-19H2. The fraction of sp³-hybridized carbons (Fsp3) is 0.233. The fourth-order valence-electron chi connectivity index (χ4n) is 5.16. The molecule has 0 spiro atoms. The van der Waals surface area contributed by atoms with Gasteiger partial charge in [0.2, 0.25) is 0 Å². The van der Waals surface area contributed by atoms with Crippen LogP contribution in [0.4, 0.5) is 8.78 Å². The summed E-state index contributed by atoms with van der Waals surface area (Å²) in [6.45, 7) is 3.94. The first kappa shape index (κ1) is 23.4. The second kappa shape index (κ2) is 10.2. The Morgan fingerprint density at radius 3 is 1.97 bits per heavy atom. The molecule has 6 rings (SSSR count). The number of nitrogens with zero attached hydrogens (tertiary/aromatic N) is 5. The quantitative estimate of drug-likeness (QED) is 0.267. The molecule has 5 nitrogen and oxygen atoms in total. The number of halogens is 2. The summed E-state index contributed by atoms with van der Waals surface area (Å²) in [5.41, 5.74) is 5.66. The van der Waals surface area contributed by atoms with Gasteiger partial charge in [-0.2, -0.15) is 5.10 Å². The van der Waals surface area contributed by atoms with Gasteiger partial charge < -0.3 is 4.90 Å². The van der Waals surface area contributed by atoms with Crippen LogP contribution in [0.1, 0.15) is 19.3 Å². The van der Waals surface area contributed by atoms with Crippen LogP contribution in [-0.4, -0.2) is 44.3 Å². The Balaban J connectivity index is 1.56. The zero-order valence-electron chi connectivity index (χ0n) is 20.4. The van der Waals surface area contributed by atoms with E-state index in [-0.39, 0.29) is 11.6 Å². The molecule has 0 aliphatic carbocycles. The summed E-state index contributed by atoms with van der Waals surface area (Å²) in [6.07, 6.45) is 9.32. The molecule has 0 radical (unpaired) electrons. The Labute approximate surface area is 214 Å². The van der Waals surface area contributed by atoms with Crippen LogP contribution in [0.3, 0.4) is 0 Å². The second-order valence-corrected chi connectivity index (χ2v) is 9.49. The van der Waals surface area contributed by atoms with Crippen molar-refractivity contribution < 1.29 is 8.78 Å². The van der Waals surface area contributed by atoms with Gasteiger partial charge in [-0.05, 0) is 85.6 Å². The van der Waals surface area contributed by atoms with Crippen molar-refractivity contribution in [3.05, 3.63) is 90.9 Å². The molecule has 37 heavy (non-hydrogen) atoms. The average Bonchev–Trinajstić information content (AvgIpc) is 3.36. The van der Waals surface area contributed by atoms with Crippen LogP contribution in [0.5, 0.6) is 0 Å². The van der Waals surface area contributed by atoms with Gasteiger partial charge >= 0.3 is 0 Å². The molecule has 1 aliphatic heterocycles. The van der Waals surface area contributed by atoms with E-state index in [1.54, 1.807) is 36.7 Å². The number of fused-ring (bicyclic) bond motifs is 1. The van der Waals surface area contributed by atoms with Gasteiger partial charge in [0, 0.05) is 47.2 Å². The van der Waals surface area contributed by atoms with Crippen LogP contribution in [0.15, 0.2) is 79.3 Å². The first-order valence-corrected chi connectivity index (χ1v) is 12.7. The van der Waals surface area contributed by atoms with Crippen molar-refractivity contribution in [1.82, 2.24) is 24.6 Å². The monoisotopic (exact) mass is 495 g/mol. The van der Waals surface area contributed by atoms with Crippen molar-refractivity contribution in [2.24, 2.45) is 0 Å². The number of benzene rings is 2. The molecule has 0 unspecified atom stereocenters. The topological polar surface area (TPSA) is 46.8 Å². The van der Waals surface area contributed by atoms with Gasteiger partial charge in [0.1, 0.15) is 11.6 Å². The third kappa shape index (κ3) is 4.87. The second-order valence-electron chi connectivity index (χ2n) is 9.49. The minimum Gasteiger partial charge on any atom is -0.301 e. The van der Waals surface area contributed by atoms with E-state index in [1.807, 2.05) is 23.0 Å². The molecule has 0 amide bonds. The Hall–Kier alpha value is -3.97. The molecule has 0 bridgehead atoms. The third-order valence-corrected chi connectivity index (χ3v) is 7.03. The SMILES string of the molecule is Fc1ccc(-c2nc3nn(CCN4CCCCC4)cc3c(-c3ccc(F)cc3)c2-c2ccncc2)cc1. The van der Waals surface area contributed by atoms with Crippen LogP contribution in [0, 0.1) is 11.6 Å². The lowest BCUT2D eigenvalue weighted by Gasteiger charge is -2.26. The van der Waals surface area contributed by atoms with Crippen LogP contribution >= 0.6 is 0 Å². The Bertz CT molecular complexity index is 1510. The fourth-order valence-corrected chi connectivity index (χ4v) is 5.16. The van der Waals surface area contributed by atoms with Crippen molar-refractivity contribution in [3.63, 3.8) is 0 Å². The van der Waals surface area contributed by atoms with Gasteiger partial charge in [0.05, 0.1) is 12.2 Å². The number of hydrogen-bond donors (Lipinski definition) is 0. The lowest BCUT2D eigenvalue weighted by Crippen LogP contribution is -2.32. The van der Waals surface area contributed by atoms with Gasteiger partial charge in [-0.25, -0.2) is 13.8 Å². The van der Waals surface area contributed by atoms with Crippen molar-refractivity contribution >= 4 is 11.0 Å². The van der Waals surface area contributed by atoms with E-state index in [2.05, 4.69) is 9.88 Å². The molecule has 0 N–H and O–H groups in total. The lowest BCUT2D eigenvalue weighted by atomic mass is 9.90.